The SMILES string of the molecule is CNc1nc(-c2c(Cl)cccc2Cl)nc(C)c1I. The van der Waals surface area contributed by atoms with Gasteiger partial charge in [-0.3, -0.25) is 0 Å². The summed E-state index contributed by atoms with van der Waals surface area (Å²) in [6.45, 7) is 1.93. The maximum Gasteiger partial charge on any atom is 0.164 e. The van der Waals surface area contributed by atoms with E-state index in [0.717, 1.165) is 15.1 Å². The number of hydrogen-bond acceptors (Lipinski definition) is 3. The lowest BCUT2D eigenvalue weighted by atomic mass is 10.2. The largest absolute Gasteiger partial charge is 0.372 e. The molecule has 2 rings (SSSR count). The van der Waals surface area contributed by atoms with Gasteiger partial charge in [0, 0.05) is 7.05 Å². The van der Waals surface area contributed by atoms with Crippen LogP contribution in [0.5, 0.6) is 0 Å². The molecule has 94 valence electrons. The predicted molar refractivity (Wildman–Crippen MR) is 84.5 cm³/mol. The van der Waals surface area contributed by atoms with Crippen molar-refractivity contribution in [1.29, 1.82) is 0 Å². The zero-order valence-electron chi connectivity index (χ0n) is 9.76. The van der Waals surface area contributed by atoms with Gasteiger partial charge in [-0.2, -0.15) is 0 Å². The Balaban J connectivity index is 2.68. The lowest BCUT2D eigenvalue weighted by molar-refractivity contribution is 1.09. The summed E-state index contributed by atoms with van der Waals surface area (Å²) in [5.41, 5.74) is 1.55. The van der Waals surface area contributed by atoms with Crippen molar-refractivity contribution in [3.8, 4) is 11.4 Å². The highest BCUT2D eigenvalue weighted by Crippen LogP contribution is 2.33. The number of nitrogens with one attached hydrogen (secondary N) is 1. The molecule has 0 aliphatic carbocycles. The quantitative estimate of drug-likeness (QED) is 0.768. The molecule has 0 bridgehead atoms. The monoisotopic (exact) mass is 393 g/mol. The molecule has 3 nitrogen and oxygen atoms in total. The lowest BCUT2D eigenvalue weighted by Crippen LogP contribution is -2.03. The predicted octanol–water partition coefficient (Wildman–Crippen LogP) is 4.41. The van der Waals surface area contributed by atoms with E-state index in [1.165, 1.54) is 0 Å². The van der Waals surface area contributed by atoms with Crippen LogP contribution < -0.4 is 5.32 Å². The molecular weight excluding hydrogens is 384 g/mol. The topological polar surface area (TPSA) is 37.8 Å². The van der Waals surface area contributed by atoms with E-state index in [0.29, 0.717) is 21.4 Å². The van der Waals surface area contributed by atoms with Gasteiger partial charge in [-0.15, -0.1) is 0 Å². The van der Waals surface area contributed by atoms with Gasteiger partial charge in [0.2, 0.25) is 0 Å². The number of nitrogens with zero attached hydrogens (tertiary/aromatic N) is 2. The number of hydrogen-bond donors (Lipinski definition) is 1. The fourth-order valence-corrected chi connectivity index (χ4v) is 2.63. The van der Waals surface area contributed by atoms with Gasteiger partial charge < -0.3 is 5.32 Å². The number of benzene rings is 1. The van der Waals surface area contributed by atoms with Gasteiger partial charge in [-0.25, -0.2) is 9.97 Å². The molecule has 1 aromatic heterocycles. The standard InChI is InChI=1S/C12H10Cl2IN3/c1-6-10(15)12(16-2)18-11(17-6)9-7(13)4-3-5-8(9)14/h3-5H,1-2H3,(H,16,17,18). The third-order valence-corrected chi connectivity index (χ3v) is 4.36. The maximum absolute atomic E-state index is 6.16. The van der Waals surface area contributed by atoms with Crippen molar-refractivity contribution in [2.45, 2.75) is 6.92 Å². The molecule has 1 heterocycles. The normalized spacial score (nSPS) is 10.5. The van der Waals surface area contributed by atoms with Crippen LogP contribution in [0.25, 0.3) is 11.4 Å². The van der Waals surface area contributed by atoms with Gasteiger partial charge in [0.05, 0.1) is 24.9 Å². The Labute approximate surface area is 129 Å². The smallest absolute Gasteiger partial charge is 0.164 e. The Kier molecular flexibility index (Phi) is 4.29. The van der Waals surface area contributed by atoms with Gasteiger partial charge in [-0.1, -0.05) is 29.3 Å². The van der Waals surface area contributed by atoms with E-state index in [1.807, 2.05) is 14.0 Å². The first-order valence-corrected chi connectivity index (χ1v) is 7.04. The Morgan fingerprint density at radius 3 is 2.33 bits per heavy atom. The number of aryl methyl sites for hydroxylation is 1. The van der Waals surface area contributed by atoms with E-state index in [4.69, 9.17) is 23.2 Å². The summed E-state index contributed by atoms with van der Waals surface area (Å²) in [5.74, 6) is 1.31. The molecule has 0 atom stereocenters. The molecule has 0 amide bonds. The molecule has 0 radical (unpaired) electrons. The van der Waals surface area contributed by atoms with Gasteiger partial charge in [0.15, 0.2) is 5.82 Å². The highest BCUT2D eigenvalue weighted by atomic mass is 127. The second-order valence-corrected chi connectivity index (χ2v) is 5.54. The fourth-order valence-electron chi connectivity index (χ4n) is 1.55. The second kappa shape index (κ2) is 5.59. The van der Waals surface area contributed by atoms with E-state index in [9.17, 15) is 0 Å². The average Bonchev–Trinajstić information content (AvgIpc) is 2.33. The van der Waals surface area contributed by atoms with Crippen molar-refractivity contribution in [3.63, 3.8) is 0 Å². The van der Waals surface area contributed by atoms with E-state index in [1.54, 1.807) is 18.2 Å². The highest BCUT2D eigenvalue weighted by Gasteiger charge is 2.14. The third kappa shape index (κ3) is 2.55. The molecule has 6 heteroatoms. The summed E-state index contributed by atoms with van der Waals surface area (Å²) in [6.07, 6.45) is 0. The molecule has 0 fully saturated rings. The molecule has 0 spiro atoms. The number of anilines is 1. The van der Waals surface area contributed by atoms with Crippen molar-refractivity contribution >= 4 is 51.6 Å². The van der Waals surface area contributed by atoms with Crippen LogP contribution in [0.4, 0.5) is 5.82 Å². The van der Waals surface area contributed by atoms with E-state index in [-0.39, 0.29) is 0 Å². The molecule has 1 N–H and O–H groups in total. The first-order chi connectivity index (χ1) is 8.54. The van der Waals surface area contributed by atoms with E-state index >= 15 is 0 Å². The van der Waals surface area contributed by atoms with Crippen LogP contribution in [0.2, 0.25) is 10.0 Å². The van der Waals surface area contributed by atoms with Crippen LogP contribution in [0.3, 0.4) is 0 Å². The van der Waals surface area contributed by atoms with Crippen LogP contribution in [0, 0.1) is 10.5 Å². The van der Waals surface area contributed by atoms with Crippen LogP contribution in [0.1, 0.15) is 5.69 Å². The van der Waals surface area contributed by atoms with Crippen molar-refractivity contribution in [2.24, 2.45) is 0 Å². The molecular formula is C12H10Cl2IN3. The minimum absolute atomic E-state index is 0.535. The second-order valence-electron chi connectivity index (χ2n) is 3.64. The summed E-state index contributed by atoms with van der Waals surface area (Å²) in [5, 5.41) is 4.13. The van der Waals surface area contributed by atoms with Crippen LogP contribution in [-0.4, -0.2) is 17.0 Å². The molecule has 0 aliphatic rings. The van der Waals surface area contributed by atoms with E-state index in [2.05, 4.69) is 37.9 Å². The Morgan fingerprint density at radius 1 is 1.17 bits per heavy atom. The summed E-state index contributed by atoms with van der Waals surface area (Å²) in [7, 11) is 1.82. The number of rotatable bonds is 2. The Hall–Kier alpha value is -0.590. The first kappa shape index (κ1) is 13.8. The number of halogens is 3. The summed E-state index contributed by atoms with van der Waals surface area (Å²) in [6, 6.07) is 5.35. The molecule has 18 heavy (non-hydrogen) atoms. The van der Waals surface area contributed by atoms with Crippen molar-refractivity contribution < 1.29 is 0 Å². The lowest BCUT2D eigenvalue weighted by Gasteiger charge is -2.10. The Bertz CT molecular complexity index is 582. The van der Waals surface area contributed by atoms with Crippen LogP contribution in [-0.2, 0) is 0 Å². The summed E-state index contributed by atoms with van der Waals surface area (Å²) < 4.78 is 0.988. The maximum atomic E-state index is 6.16. The van der Waals surface area contributed by atoms with Crippen molar-refractivity contribution in [1.82, 2.24) is 9.97 Å². The molecule has 0 unspecified atom stereocenters. The number of aromatic nitrogens is 2. The fraction of sp³-hybridized carbons (Fsp3) is 0.167. The van der Waals surface area contributed by atoms with Gasteiger partial charge in [0.1, 0.15) is 5.82 Å². The minimum Gasteiger partial charge on any atom is -0.372 e. The minimum atomic E-state index is 0.535. The van der Waals surface area contributed by atoms with Crippen molar-refractivity contribution in [2.75, 3.05) is 12.4 Å². The molecule has 1 aromatic carbocycles. The molecule has 0 saturated carbocycles. The van der Waals surface area contributed by atoms with Crippen LogP contribution >= 0.6 is 45.8 Å². The average molecular weight is 394 g/mol. The third-order valence-electron chi connectivity index (χ3n) is 2.44. The van der Waals surface area contributed by atoms with Crippen molar-refractivity contribution in [3.05, 3.63) is 37.5 Å². The van der Waals surface area contributed by atoms with Gasteiger partial charge in [0.25, 0.3) is 0 Å². The zero-order chi connectivity index (χ0) is 13.3. The Morgan fingerprint density at radius 2 is 1.78 bits per heavy atom. The molecule has 0 saturated heterocycles. The highest BCUT2D eigenvalue weighted by molar-refractivity contribution is 14.1. The zero-order valence-corrected chi connectivity index (χ0v) is 13.4. The van der Waals surface area contributed by atoms with E-state index < -0.39 is 0 Å². The van der Waals surface area contributed by atoms with Gasteiger partial charge >= 0.3 is 0 Å². The summed E-state index contributed by atoms with van der Waals surface area (Å²) >= 11 is 14.5. The van der Waals surface area contributed by atoms with Crippen LogP contribution in [0.15, 0.2) is 18.2 Å². The summed E-state index contributed by atoms with van der Waals surface area (Å²) in [4.78, 5) is 8.89. The molecule has 0 aliphatic heterocycles. The van der Waals surface area contributed by atoms with Gasteiger partial charge in [-0.05, 0) is 41.6 Å². The molecule has 2 aromatic rings. The first-order valence-electron chi connectivity index (χ1n) is 5.21.